The fourth-order valence-electron chi connectivity index (χ4n) is 3.01. The number of aromatic amines is 1. The number of hydrogen-bond donors (Lipinski definition) is 2. The number of aryl methyl sites for hydroxylation is 1. The maximum atomic E-state index is 13.5. The Labute approximate surface area is 162 Å². The lowest BCUT2D eigenvalue weighted by Crippen LogP contribution is -2.07. The fraction of sp³-hybridized carbons (Fsp3) is 0.158. The van der Waals surface area contributed by atoms with Gasteiger partial charge in [0, 0.05) is 41.5 Å². The first-order valence-corrected chi connectivity index (χ1v) is 9.27. The smallest absolute Gasteiger partial charge is 0.265 e. The largest absolute Gasteiger partial charge is 0.352 e. The number of carbonyl (C=O) groups excluding carboxylic acids is 1. The Hall–Kier alpha value is -3.20. The monoisotopic (exact) mass is 399 g/mol. The molecule has 0 aromatic carbocycles. The number of halogens is 2. The molecule has 0 atom stereocenters. The number of rotatable bonds is 4. The molecule has 0 saturated heterocycles. The van der Waals surface area contributed by atoms with Gasteiger partial charge in [0.15, 0.2) is 0 Å². The summed E-state index contributed by atoms with van der Waals surface area (Å²) in [5.74, 6) is 0.116. The van der Waals surface area contributed by atoms with Gasteiger partial charge in [-0.2, -0.15) is 0 Å². The molecule has 6 nitrogen and oxygen atoms in total. The molecule has 0 aliphatic carbocycles. The van der Waals surface area contributed by atoms with Gasteiger partial charge in [-0.05, 0) is 25.1 Å². The Morgan fingerprint density at radius 3 is 2.71 bits per heavy atom. The summed E-state index contributed by atoms with van der Waals surface area (Å²) < 4.78 is 27.1. The molecule has 4 heterocycles. The Kier molecular flexibility index (Phi) is 4.60. The van der Waals surface area contributed by atoms with Crippen LogP contribution >= 0.6 is 11.3 Å². The summed E-state index contributed by atoms with van der Waals surface area (Å²) in [4.78, 5) is 27.4. The van der Waals surface area contributed by atoms with Crippen LogP contribution < -0.4 is 5.32 Å². The predicted molar refractivity (Wildman–Crippen MR) is 104 cm³/mol. The first-order chi connectivity index (χ1) is 13.4. The molecule has 0 aliphatic heterocycles. The van der Waals surface area contributed by atoms with Gasteiger partial charge in [-0.25, -0.2) is 18.7 Å². The van der Waals surface area contributed by atoms with E-state index in [2.05, 4.69) is 25.3 Å². The molecule has 28 heavy (non-hydrogen) atoms. The highest BCUT2D eigenvalue weighted by molar-refractivity contribution is 7.13. The van der Waals surface area contributed by atoms with Crippen LogP contribution in [0.15, 0.2) is 36.0 Å². The summed E-state index contributed by atoms with van der Waals surface area (Å²) in [5, 5.41) is 5.20. The number of nitrogens with one attached hydrogen (secondary N) is 2. The Bertz CT molecular complexity index is 1180. The summed E-state index contributed by atoms with van der Waals surface area (Å²) in [7, 11) is 0. The van der Waals surface area contributed by atoms with Crippen LogP contribution in [-0.4, -0.2) is 25.8 Å². The average molecular weight is 399 g/mol. The van der Waals surface area contributed by atoms with Crippen LogP contribution in [-0.2, 0) is 4.79 Å². The lowest BCUT2D eigenvalue weighted by Gasteiger charge is -2.05. The van der Waals surface area contributed by atoms with Crippen molar-refractivity contribution in [2.24, 2.45) is 0 Å². The van der Waals surface area contributed by atoms with Crippen molar-refractivity contribution < 1.29 is 13.6 Å². The van der Waals surface area contributed by atoms with Gasteiger partial charge in [0.25, 0.3) is 6.43 Å². The standard InChI is InChI=1S/C19H15F2N5OS/c1-9-8-28-19(24-9)14-15(11-3-5-22-13(7-11)25-10(2)27)26-16-12(18(20)21)4-6-23-17(14)16/h3-8,18,26H,1-2H3,(H,22,25,27). The van der Waals surface area contributed by atoms with Crippen molar-refractivity contribution in [2.75, 3.05) is 5.32 Å². The third-order valence-corrected chi connectivity index (χ3v) is 5.12. The quantitative estimate of drug-likeness (QED) is 0.508. The molecule has 0 aliphatic rings. The van der Waals surface area contributed by atoms with Gasteiger partial charge in [-0.15, -0.1) is 11.3 Å². The van der Waals surface area contributed by atoms with Crippen LogP contribution in [0, 0.1) is 6.92 Å². The molecule has 0 saturated carbocycles. The van der Waals surface area contributed by atoms with Gasteiger partial charge in [0.1, 0.15) is 10.8 Å². The van der Waals surface area contributed by atoms with E-state index in [1.807, 2.05) is 12.3 Å². The molecule has 2 N–H and O–H groups in total. The van der Waals surface area contributed by atoms with Gasteiger partial charge in [-0.3, -0.25) is 9.78 Å². The summed E-state index contributed by atoms with van der Waals surface area (Å²) in [6, 6.07) is 4.72. The van der Waals surface area contributed by atoms with Gasteiger partial charge in [0.05, 0.1) is 22.3 Å². The highest BCUT2D eigenvalue weighted by atomic mass is 32.1. The van der Waals surface area contributed by atoms with E-state index < -0.39 is 6.43 Å². The number of pyridine rings is 2. The first kappa shape index (κ1) is 18.2. The van der Waals surface area contributed by atoms with E-state index in [9.17, 15) is 13.6 Å². The van der Waals surface area contributed by atoms with E-state index in [-0.39, 0.29) is 17.0 Å². The molecule has 142 valence electrons. The Morgan fingerprint density at radius 1 is 1.25 bits per heavy atom. The lowest BCUT2D eigenvalue weighted by molar-refractivity contribution is -0.114. The number of carbonyl (C=O) groups is 1. The zero-order valence-electron chi connectivity index (χ0n) is 15.0. The number of aromatic nitrogens is 4. The maximum Gasteiger partial charge on any atom is 0.265 e. The lowest BCUT2D eigenvalue weighted by atomic mass is 10.1. The normalized spacial score (nSPS) is 11.3. The molecule has 0 spiro atoms. The maximum absolute atomic E-state index is 13.5. The zero-order valence-corrected chi connectivity index (χ0v) is 15.8. The minimum atomic E-state index is -2.64. The van der Waals surface area contributed by atoms with Crippen LogP contribution in [0.1, 0.15) is 24.6 Å². The van der Waals surface area contributed by atoms with Crippen LogP contribution in [0.5, 0.6) is 0 Å². The van der Waals surface area contributed by atoms with Gasteiger partial charge >= 0.3 is 0 Å². The highest BCUT2D eigenvalue weighted by Gasteiger charge is 2.23. The number of nitrogens with zero attached hydrogens (tertiary/aromatic N) is 3. The topological polar surface area (TPSA) is 83.6 Å². The number of fused-ring (bicyclic) bond motifs is 1. The first-order valence-electron chi connectivity index (χ1n) is 8.39. The molecule has 0 fully saturated rings. The second-order valence-corrected chi connectivity index (χ2v) is 7.06. The number of anilines is 1. The van der Waals surface area contributed by atoms with Crippen molar-refractivity contribution >= 4 is 34.1 Å². The molecule has 4 rings (SSSR count). The minimum absolute atomic E-state index is 0.123. The highest BCUT2D eigenvalue weighted by Crippen LogP contribution is 2.41. The Balaban J connectivity index is 2.00. The summed E-state index contributed by atoms with van der Waals surface area (Å²) in [6.07, 6.45) is 0.278. The van der Waals surface area contributed by atoms with Crippen molar-refractivity contribution in [3.05, 3.63) is 47.2 Å². The van der Waals surface area contributed by atoms with Crippen LogP contribution in [0.2, 0.25) is 0 Å². The number of H-pyrrole nitrogens is 1. The van der Waals surface area contributed by atoms with Crippen molar-refractivity contribution in [3.63, 3.8) is 0 Å². The third-order valence-electron chi connectivity index (χ3n) is 4.14. The van der Waals surface area contributed by atoms with E-state index in [0.717, 1.165) is 5.69 Å². The molecule has 0 radical (unpaired) electrons. The third kappa shape index (κ3) is 3.24. The number of alkyl halides is 2. The van der Waals surface area contributed by atoms with Crippen molar-refractivity contribution in [3.8, 4) is 21.8 Å². The predicted octanol–water partition coefficient (Wildman–Crippen LogP) is 4.95. The van der Waals surface area contributed by atoms with Gasteiger partial charge in [0.2, 0.25) is 5.91 Å². The van der Waals surface area contributed by atoms with Gasteiger partial charge < -0.3 is 10.3 Å². The van der Waals surface area contributed by atoms with Crippen LogP contribution in [0.4, 0.5) is 14.6 Å². The van der Waals surface area contributed by atoms with Crippen molar-refractivity contribution in [1.82, 2.24) is 19.9 Å². The fourth-order valence-corrected chi connectivity index (χ4v) is 3.86. The molecule has 0 unspecified atom stereocenters. The number of thiazole rings is 1. The second kappa shape index (κ2) is 7.08. The van der Waals surface area contributed by atoms with E-state index in [4.69, 9.17) is 0 Å². The van der Waals surface area contributed by atoms with Crippen LogP contribution in [0.3, 0.4) is 0 Å². The SMILES string of the molecule is CC(=O)Nc1cc(-c2[nH]c3c(C(F)F)ccnc3c2-c2nc(C)cs2)ccn1. The molecule has 4 aromatic rings. The van der Waals surface area contributed by atoms with E-state index in [0.29, 0.717) is 33.2 Å². The summed E-state index contributed by atoms with van der Waals surface area (Å²) >= 11 is 1.42. The van der Waals surface area contributed by atoms with Crippen molar-refractivity contribution in [2.45, 2.75) is 20.3 Å². The average Bonchev–Trinajstić information content (AvgIpc) is 3.24. The molecule has 0 bridgehead atoms. The molecular weight excluding hydrogens is 384 g/mol. The van der Waals surface area contributed by atoms with Crippen molar-refractivity contribution in [1.29, 1.82) is 0 Å². The van der Waals surface area contributed by atoms with Crippen LogP contribution in [0.25, 0.3) is 32.9 Å². The van der Waals surface area contributed by atoms with E-state index >= 15 is 0 Å². The zero-order chi connectivity index (χ0) is 19.8. The number of hydrogen-bond acceptors (Lipinski definition) is 5. The second-order valence-electron chi connectivity index (χ2n) is 6.20. The molecule has 1 amide bonds. The molecule has 9 heteroatoms. The molecule has 4 aromatic heterocycles. The summed E-state index contributed by atoms with van der Waals surface area (Å²) in [6.45, 7) is 3.26. The van der Waals surface area contributed by atoms with E-state index in [1.54, 1.807) is 18.3 Å². The summed E-state index contributed by atoms with van der Waals surface area (Å²) in [5.41, 5.74) is 3.34. The van der Waals surface area contributed by atoms with Gasteiger partial charge in [-0.1, -0.05) is 0 Å². The van der Waals surface area contributed by atoms with E-state index in [1.165, 1.54) is 30.5 Å². The Morgan fingerprint density at radius 2 is 2.04 bits per heavy atom. The minimum Gasteiger partial charge on any atom is -0.352 e. The molecular formula is C19H15F2N5OS. The number of amides is 1.